The molecule has 2 fully saturated rings. The first kappa shape index (κ1) is 20.9. The van der Waals surface area contributed by atoms with E-state index in [2.05, 4.69) is 61.8 Å². The lowest BCUT2D eigenvalue weighted by Crippen LogP contribution is -2.38. The van der Waals surface area contributed by atoms with Gasteiger partial charge in [0.15, 0.2) is 5.82 Å². The summed E-state index contributed by atoms with van der Waals surface area (Å²) in [7, 11) is 0. The molecule has 0 bridgehead atoms. The van der Waals surface area contributed by atoms with E-state index < -0.39 is 0 Å². The number of carbonyl (C=O) groups excluding carboxylic acids is 1. The van der Waals surface area contributed by atoms with Crippen molar-refractivity contribution in [3.05, 3.63) is 41.2 Å². The van der Waals surface area contributed by atoms with E-state index in [1.54, 1.807) is 4.68 Å². The van der Waals surface area contributed by atoms with Gasteiger partial charge in [0, 0.05) is 32.7 Å². The Balaban J connectivity index is 1.19. The Bertz CT molecular complexity index is 834. The molecule has 1 atom stereocenters. The molecule has 30 heavy (non-hydrogen) atoms. The molecule has 0 radical (unpaired) electrons. The van der Waals surface area contributed by atoms with Crippen molar-refractivity contribution in [2.24, 2.45) is 0 Å². The van der Waals surface area contributed by atoms with Crippen LogP contribution in [0.2, 0.25) is 0 Å². The number of nitrogens with zero attached hydrogens (tertiary/aromatic N) is 6. The van der Waals surface area contributed by atoms with Crippen molar-refractivity contribution in [3.8, 4) is 0 Å². The van der Waals surface area contributed by atoms with Gasteiger partial charge in [-0.2, -0.15) is 0 Å². The smallest absolute Gasteiger partial charge is 0.241 e. The fraction of sp³-hybridized carbons (Fsp3) is 0.619. The summed E-state index contributed by atoms with van der Waals surface area (Å²) in [6, 6.07) is 8.64. The molecule has 1 aromatic heterocycles. The highest BCUT2D eigenvalue weighted by Gasteiger charge is 2.24. The van der Waals surface area contributed by atoms with Gasteiger partial charge < -0.3 is 15.0 Å². The zero-order valence-electron chi connectivity index (χ0n) is 17.7. The zero-order valence-corrected chi connectivity index (χ0v) is 17.7. The number of hydrogen-bond donors (Lipinski definition) is 1. The SMILES string of the molecule is Cc1ccccc1C1CCN(CCNC(=O)Cn2nnnc2CN2CCOCC2)C1. The number of tetrazole rings is 1. The first-order valence-corrected chi connectivity index (χ1v) is 10.8. The summed E-state index contributed by atoms with van der Waals surface area (Å²) in [6.07, 6.45) is 1.17. The van der Waals surface area contributed by atoms with Crippen LogP contribution in [0.15, 0.2) is 24.3 Å². The van der Waals surface area contributed by atoms with Gasteiger partial charge in [-0.3, -0.25) is 9.69 Å². The summed E-state index contributed by atoms with van der Waals surface area (Å²) in [5.41, 5.74) is 2.82. The number of rotatable bonds is 8. The molecule has 0 spiro atoms. The first-order chi connectivity index (χ1) is 14.7. The first-order valence-electron chi connectivity index (χ1n) is 10.8. The maximum Gasteiger partial charge on any atom is 0.241 e. The quantitative estimate of drug-likeness (QED) is 0.671. The maximum atomic E-state index is 12.4. The van der Waals surface area contributed by atoms with Gasteiger partial charge in [-0.15, -0.1) is 5.10 Å². The Labute approximate surface area is 177 Å². The monoisotopic (exact) mass is 413 g/mol. The van der Waals surface area contributed by atoms with Crippen molar-refractivity contribution in [3.63, 3.8) is 0 Å². The van der Waals surface area contributed by atoms with E-state index in [-0.39, 0.29) is 12.5 Å². The molecule has 4 rings (SSSR count). The third-order valence-corrected chi connectivity index (χ3v) is 6.02. The molecule has 0 saturated carbocycles. The normalized spacial score (nSPS) is 20.5. The number of aryl methyl sites for hydroxylation is 1. The summed E-state index contributed by atoms with van der Waals surface area (Å²) >= 11 is 0. The van der Waals surface area contributed by atoms with Crippen molar-refractivity contribution in [2.45, 2.75) is 32.4 Å². The summed E-state index contributed by atoms with van der Waals surface area (Å²) in [5, 5.41) is 14.8. The molecule has 9 nitrogen and oxygen atoms in total. The Hall–Kier alpha value is -2.36. The molecule has 2 aliphatic heterocycles. The lowest BCUT2D eigenvalue weighted by Gasteiger charge is -2.25. The van der Waals surface area contributed by atoms with E-state index in [4.69, 9.17) is 4.74 Å². The minimum atomic E-state index is -0.0554. The molecule has 2 saturated heterocycles. The second kappa shape index (κ2) is 10.1. The van der Waals surface area contributed by atoms with E-state index in [0.717, 1.165) is 45.9 Å². The van der Waals surface area contributed by atoms with Crippen LogP contribution in [-0.2, 0) is 22.6 Å². The summed E-state index contributed by atoms with van der Waals surface area (Å²) in [5.74, 6) is 1.25. The lowest BCUT2D eigenvalue weighted by molar-refractivity contribution is -0.122. The largest absolute Gasteiger partial charge is 0.379 e. The highest BCUT2D eigenvalue weighted by Crippen LogP contribution is 2.28. The van der Waals surface area contributed by atoms with E-state index in [1.165, 1.54) is 17.5 Å². The second-order valence-corrected chi connectivity index (χ2v) is 8.13. The van der Waals surface area contributed by atoms with Crippen LogP contribution in [0.3, 0.4) is 0 Å². The van der Waals surface area contributed by atoms with Crippen LogP contribution < -0.4 is 5.32 Å². The average molecular weight is 414 g/mol. The van der Waals surface area contributed by atoms with Gasteiger partial charge >= 0.3 is 0 Å². The average Bonchev–Trinajstić information content (AvgIpc) is 3.39. The highest BCUT2D eigenvalue weighted by atomic mass is 16.5. The molecule has 1 aromatic carbocycles. The molecule has 3 heterocycles. The van der Waals surface area contributed by atoms with Crippen LogP contribution in [0.5, 0.6) is 0 Å². The highest BCUT2D eigenvalue weighted by molar-refractivity contribution is 5.75. The summed E-state index contributed by atoms with van der Waals surface area (Å²) < 4.78 is 6.96. The lowest BCUT2D eigenvalue weighted by atomic mass is 9.94. The molecule has 1 unspecified atom stereocenters. The van der Waals surface area contributed by atoms with Crippen LogP contribution in [-0.4, -0.2) is 88.4 Å². The van der Waals surface area contributed by atoms with Crippen LogP contribution in [0.1, 0.15) is 29.3 Å². The molecule has 0 aliphatic carbocycles. The number of nitrogens with one attached hydrogen (secondary N) is 1. The number of ether oxygens (including phenoxy) is 1. The van der Waals surface area contributed by atoms with Crippen molar-refractivity contribution in [1.29, 1.82) is 0 Å². The van der Waals surface area contributed by atoms with Gasteiger partial charge in [0.05, 0.1) is 19.8 Å². The molecule has 2 aromatic rings. The fourth-order valence-corrected chi connectivity index (χ4v) is 4.30. The third kappa shape index (κ3) is 5.41. The van der Waals surface area contributed by atoms with E-state index in [1.807, 2.05) is 0 Å². The molecular weight excluding hydrogens is 382 g/mol. The van der Waals surface area contributed by atoms with Gasteiger partial charge in [0.25, 0.3) is 0 Å². The van der Waals surface area contributed by atoms with Crippen molar-refractivity contribution < 1.29 is 9.53 Å². The Morgan fingerprint density at radius 3 is 2.87 bits per heavy atom. The van der Waals surface area contributed by atoms with Gasteiger partial charge in [-0.05, 0) is 47.4 Å². The number of hydrogen-bond acceptors (Lipinski definition) is 7. The predicted octanol–water partition coefficient (Wildman–Crippen LogP) is 0.419. The molecule has 1 N–H and O–H groups in total. The molecule has 162 valence electrons. The minimum absolute atomic E-state index is 0.0554. The van der Waals surface area contributed by atoms with E-state index in [0.29, 0.717) is 24.8 Å². The van der Waals surface area contributed by atoms with E-state index in [9.17, 15) is 4.79 Å². The second-order valence-electron chi connectivity index (χ2n) is 8.13. The number of likely N-dealkylation sites (tertiary alicyclic amines) is 1. The molecule has 9 heteroatoms. The maximum absolute atomic E-state index is 12.4. The number of amides is 1. The number of benzene rings is 1. The predicted molar refractivity (Wildman–Crippen MR) is 112 cm³/mol. The minimum Gasteiger partial charge on any atom is -0.379 e. The van der Waals surface area contributed by atoms with Crippen molar-refractivity contribution >= 4 is 5.91 Å². The zero-order chi connectivity index (χ0) is 20.8. The van der Waals surface area contributed by atoms with Crippen LogP contribution >= 0.6 is 0 Å². The standard InChI is InChI=1S/C21H31N7O2/c1-17-4-2-3-5-19(17)18-6-8-26(14-18)9-7-22-21(29)16-28-20(23-24-25-28)15-27-10-12-30-13-11-27/h2-5,18H,6-16H2,1H3,(H,22,29). The van der Waals surface area contributed by atoms with Crippen molar-refractivity contribution in [2.75, 3.05) is 52.5 Å². The summed E-state index contributed by atoms with van der Waals surface area (Å²) in [4.78, 5) is 17.0. The van der Waals surface area contributed by atoms with Crippen LogP contribution in [0.25, 0.3) is 0 Å². The van der Waals surface area contributed by atoms with E-state index >= 15 is 0 Å². The molecular formula is C21H31N7O2. The molecule has 2 aliphatic rings. The Morgan fingerprint density at radius 2 is 2.03 bits per heavy atom. The fourth-order valence-electron chi connectivity index (χ4n) is 4.30. The van der Waals surface area contributed by atoms with Gasteiger partial charge in [-0.25, -0.2) is 4.68 Å². The number of aromatic nitrogens is 4. The van der Waals surface area contributed by atoms with Gasteiger partial charge in [-0.1, -0.05) is 24.3 Å². The Kier molecular flexibility index (Phi) is 7.03. The third-order valence-electron chi connectivity index (χ3n) is 6.02. The van der Waals surface area contributed by atoms with Crippen LogP contribution in [0, 0.1) is 6.92 Å². The topological polar surface area (TPSA) is 88.4 Å². The number of carbonyl (C=O) groups is 1. The van der Waals surface area contributed by atoms with Crippen molar-refractivity contribution in [1.82, 2.24) is 35.3 Å². The van der Waals surface area contributed by atoms with Crippen LogP contribution in [0.4, 0.5) is 0 Å². The summed E-state index contributed by atoms with van der Waals surface area (Å²) in [6.45, 7) is 9.78. The molecule has 1 amide bonds. The number of morpholine rings is 1. The Morgan fingerprint density at radius 1 is 1.20 bits per heavy atom. The van der Waals surface area contributed by atoms with Gasteiger partial charge in [0.2, 0.25) is 5.91 Å². The van der Waals surface area contributed by atoms with Gasteiger partial charge in [0.1, 0.15) is 6.54 Å².